The molecule has 0 aliphatic rings. The molecule has 0 unspecified atom stereocenters. The minimum atomic E-state index is -3.15. The van der Waals surface area contributed by atoms with E-state index in [4.69, 9.17) is 5.73 Å². The van der Waals surface area contributed by atoms with Crippen molar-refractivity contribution in [3.63, 3.8) is 0 Å². The molecule has 0 radical (unpaired) electrons. The molecule has 4 heteroatoms. The maximum atomic E-state index is 11.9. The maximum absolute atomic E-state index is 11.9. The van der Waals surface area contributed by atoms with E-state index in [1.165, 1.54) is 5.56 Å². The van der Waals surface area contributed by atoms with Crippen LogP contribution in [0.25, 0.3) is 0 Å². The second-order valence-electron chi connectivity index (χ2n) is 5.44. The molecule has 0 atom stereocenters. The van der Waals surface area contributed by atoms with Crippen LogP contribution in [-0.4, -0.2) is 19.7 Å². The first kappa shape index (κ1) is 14.2. The summed E-state index contributed by atoms with van der Waals surface area (Å²) in [5.41, 5.74) is 8.19. The van der Waals surface area contributed by atoms with Crippen molar-refractivity contribution in [2.75, 3.05) is 5.75 Å². The average Bonchev–Trinajstić information content (AvgIpc) is 2.06. The van der Waals surface area contributed by atoms with E-state index in [1.807, 2.05) is 32.0 Å². The van der Waals surface area contributed by atoms with Gasteiger partial charge in [0.15, 0.2) is 9.84 Å². The first-order valence-corrected chi connectivity index (χ1v) is 7.47. The lowest BCUT2D eigenvalue weighted by Crippen LogP contribution is -2.40. The van der Waals surface area contributed by atoms with Gasteiger partial charge in [0.2, 0.25) is 0 Å². The Labute approximate surface area is 104 Å². The number of hydrogen-bond acceptors (Lipinski definition) is 3. The molecule has 0 heterocycles. The summed E-state index contributed by atoms with van der Waals surface area (Å²) in [4.78, 5) is 0. The fraction of sp³-hybridized carbons (Fsp3) is 0.538. The summed E-state index contributed by atoms with van der Waals surface area (Å²) in [7, 11) is -3.15. The average molecular weight is 255 g/mol. The summed E-state index contributed by atoms with van der Waals surface area (Å²) >= 11 is 0. The summed E-state index contributed by atoms with van der Waals surface area (Å²) in [5, 5.41) is 0. The Morgan fingerprint density at radius 2 is 1.76 bits per heavy atom. The Balaban J connectivity index is 2.87. The molecule has 17 heavy (non-hydrogen) atoms. The van der Waals surface area contributed by atoms with Gasteiger partial charge in [0.25, 0.3) is 0 Å². The molecule has 0 aliphatic heterocycles. The number of sulfone groups is 1. The van der Waals surface area contributed by atoms with Gasteiger partial charge in [-0.15, -0.1) is 0 Å². The molecule has 0 aromatic heterocycles. The molecular weight excluding hydrogens is 234 g/mol. The van der Waals surface area contributed by atoms with Crippen LogP contribution in [0.1, 0.15) is 30.5 Å². The van der Waals surface area contributed by atoms with Crippen LogP contribution in [0.4, 0.5) is 0 Å². The van der Waals surface area contributed by atoms with Crippen molar-refractivity contribution in [2.45, 2.75) is 39.0 Å². The van der Waals surface area contributed by atoms with E-state index >= 15 is 0 Å². The van der Waals surface area contributed by atoms with Gasteiger partial charge in [-0.25, -0.2) is 8.42 Å². The first-order valence-electron chi connectivity index (χ1n) is 5.64. The van der Waals surface area contributed by atoms with Crippen molar-refractivity contribution < 1.29 is 8.42 Å². The third kappa shape index (κ3) is 4.88. The zero-order chi connectivity index (χ0) is 13.3. The van der Waals surface area contributed by atoms with Crippen LogP contribution >= 0.6 is 0 Å². The zero-order valence-electron chi connectivity index (χ0n) is 10.9. The van der Waals surface area contributed by atoms with Gasteiger partial charge in [0.1, 0.15) is 0 Å². The first-order chi connectivity index (χ1) is 7.59. The van der Waals surface area contributed by atoms with Crippen molar-refractivity contribution >= 4 is 9.84 Å². The molecule has 0 spiro atoms. The molecule has 1 rings (SSSR count). The molecule has 0 saturated carbocycles. The number of benzene rings is 1. The minimum Gasteiger partial charge on any atom is -0.325 e. The molecular formula is C13H21NO2S. The molecule has 2 N–H and O–H groups in total. The van der Waals surface area contributed by atoms with Crippen molar-refractivity contribution in [1.29, 1.82) is 0 Å². The van der Waals surface area contributed by atoms with Gasteiger partial charge in [-0.3, -0.25) is 0 Å². The van der Waals surface area contributed by atoms with Crippen LogP contribution in [0.15, 0.2) is 18.2 Å². The number of nitrogens with two attached hydrogens (primary N) is 1. The standard InChI is InChI=1S/C13H21NO2S/c1-10-5-6-12(7-11(10)2)8-17(15,16)9-13(3,4)14/h5-7H,8-9,14H2,1-4H3. The van der Waals surface area contributed by atoms with E-state index < -0.39 is 15.4 Å². The Morgan fingerprint density at radius 1 is 1.18 bits per heavy atom. The van der Waals surface area contributed by atoms with Crippen LogP contribution in [0, 0.1) is 13.8 Å². The van der Waals surface area contributed by atoms with E-state index in [0.717, 1.165) is 11.1 Å². The lowest BCUT2D eigenvalue weighted by Gasteiger charge is -2.18. The highest BCUT2D eigenvalue weighted by molar-refractivity contribution is 7.90. The summed E-state index contributed by atoms with van der Waals surface area (Å²) in [5.74, 6) is 0.0711. The highest BCUT2D eigenvalue weighted by Gasteiger charge is 2.22. The van der Waals surface area contributed by atoms with Crippen LogP contribution in [0.2, 0.25) is 0 Å². The minimum absolute atomic E-state index is 0.00687. The second kappa shape index (κ2) is 4.78. The Bertz CT molecular complexity index is 499. The normalized spacial score (nSPS) is 12.8. The lowest BCUT2D eigenvalue weighted by molar-refractivity contribution is 0.544. The van der Waals surface area contributed by atoms with Gasteiger partial charge in [0.05, 0.1) is 11.5 Å². The molecule has 0 saturated heterocycles. The predicted octanol–water partition coefficient (Wildman–Crippen LogP) is 1.96. The van der Waals surface area contributed by atoms with Crippen molar-refractivity contribution in [1.82, 2.24) is 0 Å². The van der Waals surface area contributed by atoms with Gasteiger partial charge >= 0.3 is 0 Å². The van der Waals surface area contributed by atoms with E-state index in [1.54, 1.807) is 13.8 Å². The summed E-state index contributed by atoms with van der Waals surface area (Å²) in [6, 6.07) is 5.74. The van der Waals surface area contributed by atoms with Gasteiger partial charge in [-0.2, -0.15) is 0 Å². The second-order valence-corrected chi connectivity index (χ2v) is 7.50. The van der Waals surface area contributed by atoms with Crippen LogP contribution < -0.4 is 5.73 Å². The highest BCUT2D eigenvalue weighted by atomic mass is 32.2. The van der Waals surface area contributed by atoms with Crippen LogP contribution in [-0.2, 0) is 15.6 Å². The fourth-order valence-corrected chi connectivity index (χ4v) is 3.69. The molecule has 0 amide bonds. The van der Waals surface area contributed by atoms with Crippen molar-refractivity contribution in [3.8, 4) is 0 Å². The number of rotatable bonds is 4. The topological polar surface area (TPSA) is 60.2 Å². The fourth-order valence-electron chi connectivity index (χ4n) is 1.77. The molecule has 1 aromatic rings. The molecule has 0 aliphatic carbocycles. The summed E-state index contributed by atoms with van der Waals surface area (Å²) in [6.07, 6.45) is 0. The van der Waals surface area contributed by atoms with Crippen molar-refractivity contribution in [2.24, 2.45) is 5.73 Å². The number of aryl methyl sites for hydroxylation is 2. The molecule has 96 valence electrons. The quantitative estimate of drug-likeness (QED) is 0.894. The van der Waals surface area contributed by atoms with Gasteiger partial charge in [-0.05, 0) is 44.4 Å². The number of hydrogen-bond donors (Lipinski definition) is 1. The third-order valence-electron chi connectivity index (χ3n) is 2.55. The third-order valence-corrected chi connectivity index (χ3v) is 4.51. The molecule has 1 aromatic carbocycles. The van der Waals surface area contributed by atoms with Gasteiger partial charge in [0, 0.05) is 5.54 Å². The zero-order valence-corrected chi connectivity index (χ0v) is 11.8. The van der Waals surface area contributed by atoms with Crippen LogP contribution in [0.5, 0.6) is 0 Å². The van der Waals surface area contributed by atoms with E-state index in [9.17, 15) is 8.42 Å². The van der Waals surface area contributed by atoms with E-state index in [2.05, 4.69) is 0 Å². The highest BCUT2D eigenvalue weighted by Crippen LogP contribution is 2.14. The largest absolute Gasteiger partial charge is 0.325 e. The monoisotopic (exact) mass is 255 g/mol. The molecule has 0 fully saturated rings. The Hall–Kier alpha value is -0.870. The van der Waals surface area contributed by atoms with Crippen molar-refractivity contribution in [3.05, 3.63) is 34.9 Å². The predicted molar refractivity (Wildman–Crippen MR) is 71.7 cm³/mol. The molecule has 0 bridgehead atoms. The summed E-state index contributed by atoms with van der Waals surface area (Å²) in [6.45, 7) is 7.45. The van der Waals surface area contributed by atoms with Crippen LogP contribution in [0.3, 0.4) is 0 Å². The Kier molecular flexibility index (Phi) is 3.99. The lowest BCUT2D eigenvalue weighted by atomic mass is 10.1. The van der Waals surface area contributed by atoms with Gasteiger partial charge < -0.3 is 5.73 Å². The summed E-state index contributed by atoms with van der Waals surface area (Å²) < 4.78 is 23.9. The SMILES string of the molecule is Cc1ccc(CS(=O)(=O)CC(C)(C)N)cc1C. The Morgan fingerprint density at radius 3 is 2.24 bits per heavy atom. The smallest absolute Gasteiger partial charge is 0.156 e. The van der Waals surface area contributed by atoms with E-state index in [-0.39, 0.29) is 11.5 Å². The van der Waals surface area contributed by atoms with Gasteiger partial charge in [-0.1, -0.05) is 18.2 Å². The molecule has 3 nitrogen and oxygen atoms in total. The maximum Gasteiger partial charge on any atom is 0.156 e. The van der Waals surface area contributed by atoms with E-state index in [0.29, 0.717) is 0 Å².